The molecule has 0 heterocycles. The molecule has 1 aliphatic carbocycles. The van der Waals surface area contributed by atoms with Crippen molar-refractivity contribution in [2.24, 2.45) is 0 Å². The summed E-state index contributed by atoms with van der Waals surface area (Å²) in [6.07, 6.45) is 9.01. The molecule has 1 aliphatic rings. The van der Waals surface area contributed by atoms with Crippen LogP contribution in [0.25, 0.3) is 0 Å². The standard InChI is InChI=1S/C5H5.C3H7.Ga/c1-2-4-5-3-1;1-3-2;/h1-5H;3H,1-2H3;/q;;-1. The number of allylic oxidation sites excluding steroid dienone is 4. The van der Waals surface area contributed by atoms with Crippen molar-refractivity contribution < 1.29 is 0 Å². The Morgan fingerprint density at radius 1 is 1.22 bits per heavy atom. The Kier molecular flexibility index (Phi) is 2.67. The van der Waals surface area contributed by atoms with Crippen LogP contribution in [0.1, 0.15) is 13.8 Å². The van der Waals surface area contributed by atoms with Crippen LogP contribution in [0, 0.1) is 0 Å². The van der Waals surface area contributed by atoms with Gasteiger partial charge < -0.3 is 0 Å². The molecule has 0 unspecified atom stereocenters. The van der Waals surface area contributed by atoms with Gasteiger partial charge in [0.1, 0.15) is 0 Å². The first-order chi connectivity index (χ1) is 4.29. The van der Waals surface area contributed by atoms with Crippen LogP contribution < -0.4 is 0 Å². The van der Waals surface area contributed by atoms with E-state index in [0.29, 0.717) is 0 Å². The Bertz CT molecular complexity index is 122. The molecule has 0 aliphatic heterocycles. The van der Waals surface area contributed by atoms with Crippen molar-refractivity contribution in [3.05, 3.63) is 24.3 Å². The van der Waals surface area contributed by atoms with Crippen LogP contribution in [0.15, 0.2) is 24.3 Å². The van der Waals surface area contributed by atoms with Crippen molar-refractivity contribution in [3.8, 4) is 0 Å². The van der Waals surface area contributed by atoms with Gasteiger partial charge in [-0.15, -0.1) is 0 Å². The molecule has 0 fully saturated rings. The van der Waals surface area contributed by atoms with Crippen LogP contribution in [0.2, 0.25) is 8.94 Å². The van der Waals surface area contributed by atoms with Gasteiger partial charge in [-0.3, -0.25) is 0 Å². The van der Waals surface area contributed by atoms with Gasteiger partial charge in [-0.1, -0.05) is 0 Å². The Morgan fingerprint density at radius 3 is 2.22 bits per heavy atom. The second-order valence-electron chi connectivity index (χ2n) is 2.78. The zero-order chi connectivity index (χ0) is 6.69. The monoisotopic (exact) mass is 177 g/mol. The molecule has 2 radical (unpaired) electrons. The molecule has 48 valence electrons. The van der Waals surface area contributed by atoms with E-state index in [2.05, 4.69) is 38.2 Å². The molecule has 0 saturated carbocycles. The van der Waals surface area contributed by atoms with Crippen molar-refractivity contribution in [2.75, 3.05) is 0 Å². The van der Waals surface area contributed by atoms with Gasteiger partial charge in [0, 0.05) is 0 Å². The maximum atomic E-state index is 2.33. The number of hydrogen-bond acceptors (Lipinski definition) is 0. The third kappa shape index (κ3) is 2.46. The third-order valence-electron chi connectivity index (χ3n) is 1.38. The Hall–Kier alpha value is 0.116. The van der Waals surface area contributed by atoms with Gasteiger partial charge in [0.25, 0.3) is 0 Å². The summed E-state index contributed by atoms with van der Waals surface area (Å²) in [5.74, 6) is 0. The predicted octanol–water partition coefficient (Wildman–Crippen LogP) is 2.43. The average Bonchev–Trinajstić information content (AvgIpc) is 2.15. The first-order valence-corrected chi connectivity index (χ1v) is 6.29. The van der Waals surface area contributed by atoms with Gasteiger partial charge in [0.05, 0.1) is 0 Å². The Balaban J connectivity index is 2.29. The molecule has 9 heavy (non-hydrogen) atoms. The fraction of sp³-hybridized carbons (Fsp3) is 0.500. The van der Waals surface area contributed by atoms with E-state index in [1.54, 1.807) is 0 Å². The van der Waals surface area contributed by atoms with Crippen molar-refractivity contribution in [1.82, 2.24) is 0 Å². The summed E-state index contributed by atoms with van der Waals surface area (Å²) in [6.45, 7) is 4.67. The zero-order valence-corrected chi connectivity index (χ0v) is 8.46. The maximum absolute atomic E-state index is 2.33. The molecule has 0 amide bonds. The first-order valence-electron chi connectivity index (χ1n) is 3.49. The van der Waals surface area contributed by atoms with E-state index in [-0.39, 0.29) is 17.4 Å². The Labute approximate surface area is 64.8 Å². The average molecular weight is 178 g/mol. The van der Waals surface area contributed by atoms with Crippen molar-refractivity contribution in [2.45, 2.75) is 22.8 Å². The summed E-state index contributed by atoms with van der Waals surface area (Å²) < 4.78 is 1.86. The number of rotatable bonds is 2. The predicted molar refractivity (Wildman–Crippen MR) is 42.9 cm³/mol. The van der Waals surface area contributed by atoms with Crippen LogP contribution in [-0.4, -0.2) is 17.4 Å². The molecule has 0 saturated heterocycles. The van der Waals surface area contributed by atoms with E-state index in [1.807, 2.05) is 0 Å². The molecule has 0 aromatic heterocycles. The summed E-state index contributed by atoms with van der Waals surface area (Å²) in [6, 6.07) is 0. The van der Waals surface area contributed by atoms with Gasteiger partial charge in [0.15, 0.2) is 0 Å². The molecule has 0 atom stereocenters. The fourth-order valence-electron chi connectivity index (χ4n) is 1.02. The van der Waals surface area contributed by atoms with E-state index in [9.17, 15) is 0 Å². The molecule has 0 spiro atoms. The topological polar surface area (TPSA) is 0 Å². The second kappa shape index (κ2) is 3.33. The van der Waals surface area contributed by atoms with Gasteiger partial charge in [-0.05, 0) is 0 Å². The summed E-state index contributed by atoms with van der Waals surface area (Å²) in [5.41, 5.74) is 0. The van der Waals surface area contributed by atoms with E-state index >= 15 is 0 Å². The fourth-order valence-corrected chi connectivity index (χ4v) is 3.96. The SMILES string of the molecule is C[CH](C)[Ga-][CH]1C=CC=C1. The minimum absolute atomic E-state index is 0.00521. The van der Waals surface area contributed by atoms with E-state index < -0.39 is 0 Å². The molecule has 0 aromatic rings. The van der Waals surface area contributed by atoms with Crippen LogP contribution in [0.3, 0.4) is 0 Å². The molecule has 1 rings (SSSR count). The van der Waals surface area contributed by atoms with Crippen LogP contribution in [-0.2, 0) is 0 Å². The zero-order valence-electron chi connectivity index (χ0n) is 6.04. The molecular weight excluding hydrogens is 166 g/mol. The van der Waals surface area contributed by atoms with Gasteiger partial charge in [-0.25, -0.2) is 0 Å². The van der Waals surface area contributed by atoms with Gasteiger partial charge in [-0.2, -0.15) is 0 Å². The van der Waals surface area contributed by atoms with Crippen LogP contribution in [0.4, 0.5) is 0 Å². The molecular formula is C8H12Ga-. The van der Waals surface area contributed by atoms with Gasteiger partial charge >= 0.3 is 64.5 Å². The first kappa shape index (κ1) is 7.23. The summed E-state index contributed by atoms with van der Waals surface area (Å²) >= 11 is 0.00521. The normalized spacial score (nSPS) is 18.1. The van der Waals surface area contributed by atoms with E-state index in [4.69, 9.17) is 0 Å². The summed E-state index contributed by atoms with van der Waals surface area (Å²) in [4.78, 5) is 0. The molecule has 0 aromatic carbocycles. The van der Waals surface area contributed by atoms with Crippen molar-refractivity contribution >= 4 is 17.4 Å². The van der Waals surface area contributed by atoms with Crippen molar-refractivity contribution in [1.29, 1.82) is 0 Å². The molecule has 0 nitrogen and oxygen atoms in total. The van der Waals surface area contributed by atoms with Crippen LogP contribution in [0.5, 0.6) is 0 Å². The quantitative estimate of drug-likeness (QED) is 0.569. The van der Waals surface area contributed by atoms with Gasteiger partial charge in [0.2, 0.25) is 0 Å². The second-order valence-corrected chi connectivity index (χ2v) is 8.00. The number of hydrogen-bond donors (Lipinski definition) is 0. The molecule has 0 bridgehead atoms. The van der Waals surface area contributed by atoms with Crippen LogP contribution >= 0.6 is 0 Å². The van der Waals surface area contributed by atoms with E-state index in [0.717, 1.165) is 8.94 Å². The third-order valence-corrected chi connectivity index (χ3v) is 4.86. The molecule has 0 N–H and O–H groups in total. The Morgan fingerprint density at radius 2 is 1.78 bits per heavy atom. The van der Waals surface area contributed by atoms with E-state index in [1.165, 1.54) is 0 Å². The molecule has 1 heteroatoms. The summed E-state index contributed by atoms with van der Waals surface area (Å²) in [7, 11) is 0. The summed E-state index contributed by atoms with van der Waals surface area (Å²) in [5, 5.41) is 0. The minimum atomic E-state index is 0.00521. The van der Waals surface area contributed by atoms with Crippen molar-refractivity contribution in [3.63, 3.8) is 0 Å².